The van der Waals surface area contributed by atoms with Crippen LogP contribution in [0.25, 0.3) is 22.0 Å². The molecule has 3 aromatic rings. The van der Waals surface area contributed by atoms with Crippen molar-refractivity contribution in [2.24, 2.45) is 0 Å². The molecule has 0 spiro atoms. The fourth-order valence-electron chi connectivity index (χ4n) is 3.47. The zero-order valence-corrected chi connectivity index (χ0v) is 17.6. The summed E-state index contributed by atoms with van der Waals surface area (Å²) >= 11 is 6.11. The summed E-state index contributed by atoms with van der Waals surface area (Å²) in [6.45, 7) is 9.18. The number of likely N-dealkylation sites (N-methyl/N-ethyl adjacent to an activating group) is 2. The van der Waals surface area contributed by atoms with E-state index in [1.54, 1.807) is 12.3 Å². The number of fused-ring (bicyclic) bond motifs is 1. The molecule has 0 aliphatic rings. The molecule has 0 fully saturated rings. The van der Waals surface area contributed by atoms with E-state index in [2.05, 4.69) is 41.7 Å². The number of rotatable bonds is 8. The standard InChI is InChI=1S/C23H28ClN3O/c1-4-27(5-2)13-12-26(3)16-18-14-17(6-9-23(18)28)20-10-11-25-22-15-19(24)7-8-21(20)22/h6-11,14-15,28H,4-5,12-13,16H2,1-3H3. The zero-order chi connectivity index (χ0) is 20.1. The van der Waals surface area contributed by atoms with Crippen molar-refractivity contribution in [3.63, 3.8) is 0 Å². The Morgan fingerprint density at radius 1 is 1.00 bits per heavy atom. The van der Waals surface area contributed by atoms with Gasteiger partial charge in [-0.15, -0.1) is 0 Å². The van der Waals surface area contributed by atoms with Crippen molar-refractivity contribution in [3.8, 4) is 16.9 Å². The van der Waals surface area contributed by atoms with Gasteiger partial charge in [0.15, 0.2) is 0 Å². The highest BCUT2D eigenvalue weighted by molar-refractivity contribution is 6.31. The summed E-state index contributed by atoms with van der Waals surface area (Å²) in [4.78, 5) is 9.08. The number of phenolic OH excluding ortho intramolecular Hbond substituents is 1. The quantitative estimate of drug-likeness (QED) is 0.578. The van der Waals surface area contributed by atoms with E-state index in [1.165, 1.54) is 0 Å². The molecule has 3 rings (SSSR count). The average Bonchev–Trinajstić information content (AvgIpc) is 2.69. The van der Waals surface area contributed by atoms with Crippen LogP contribution in [0, 0.1) is 0 Å². The van der Waals surface area contributed by atoms with Gasteiger partial charge in [0.05, 0.1) is 5.52 Å². The van der Waals surface area contributed by atoms with Gasteiger partial charge < -0.3 is 14.9 Å². The summed E-state index contributed by atoms with van der Waals surface area (Å²) in [5.74, 6) is 0.333. The van der Waals surface area contributed by atoms with Crippen LogP contribution in [-0.2, 0) is 6.54 Å². The predicted octanol–water partition coefficient (Wildman–Crippen LogP) is 5.03. The number of hydrogen-bond donors (Lipinski definition) is 1. The SMILES string of the molecule is CCN(CC)CCN(C)Cc1cc(-c2ccnc3cc(Cl)ccc23)ccc1O. The summed E-state index contributed by atoms with van der Waals surface area (Å²) in [5, 5.41) is 12.1. The normalized spacial score (nSPS) is 11.6. The molecule has 0 aliphatic heterocycles. The molecular weight excluding hydrogens is 370 g/mol. The highest BCUT2D eigenvalue weighted by Crippen LogP contribution is 2.32. The minimum absolute atomic E-state index is 0.333. The summed E-state index contributed by atoms with van der Waals surface area (Å²) < 4.78 is 0. The topological polar surface area (TPSA) is 39.6 Å². The number of aromatic hydroxyl groups is 1. The van der Waals surface area contributed by atoms with Gasteiger partial charge >= 0.3 is 0 Å². The summed E-state index contributed by atoms with van der Waals surface area (Å²) in [5.41, 5.74) is 3.96. The number of hydrogen-bond acceptors (Lipinski definition) is 4. The van der Waals surface area contributed by atoms with Crippen molar-refractivity contribution >= 4 is 22.5 Å². The largest absolute Gasteiger partial charge is 0.508 e. The first-order valence-corrected chi connectivity index (χ1v) is 10.2. The summed E-state index contributed by atoms with van der Waals surface area (Å²) in [7, 11) is 2.10. The molecular formula is C23H28ClN3O. The van der Waals surface area contributed by atoms with Gasteiger partial charge in [-0.05, 0) is 61.6 Å². The van der Waals surface area contributed by atoms with E-state index in [0.29, 0.717) is 17.3 Å². The van der Waals surface area contributed by atoms with Crippen LogP contribution < -0.4 is 0 Å². The Bertz CT molecular complexity index is 940. The highest BCUT2D eigenvalue weighted by Gasteiger charge is 2.11. The maximum atomic E-state index is 10.4. The summed E-state index contributed by atoms with van der Waals surface area (Å²) in [6.07, 6.45) is 1.80. The van der Waals surface area contributed by atoms with Crippen LogP contribution in [-0.4, -0.2) is 53.1 Å². The molecule has 28 heavy (non-hydrogen) atoms. The van der Waals surface area contributed by atoms with Crippen molar-refractivity contribution in [3.05, 3.63) is 59.2 Å². The monoisotopic (exact) mass is 397 g/mol. The Morgan fingerprint density at radius 3 is 2.54 bits per heavy atom. The van der Waals surface area contributed by atoms with Crippen molar-refractivity contribution in [1.82, 2.24) is 14.8 Å². The molecule has 0 unspecified atom stereocenters. The van der Waals surface area contributed by atoms with E-state index in [4.69, 9.17) is 11.6 Å². The van der Waals surface area contributed by atoms with Crippen LogP contribution in [0.5, 0.6) is 5.75 Å². The van der Waals surface area contributed by atoms with Gasteiger partial charge in [-0.2, -0.15) is 0 Å². The van der Waals surface area contributed by atoms with Gasteiger partial charge in [-0.3, -0.25) is 4.98 Å². The second-order valence-electron chi connectivity index (χ2n) is 7.13. The third-order valence-corrected chi connectivity index (χ3v) is 5.46. The third kappa shape index (κ3) is 4.82. The summed E-state index contributed by atoms with van der Waals surface area (Å²) in [6, 6.07) is 13.6. The number of phenols is 1. The minimum Gasteiger partial charge on any atom is -0.508 e. The fourth-order valence-corrected chi connectivity index (χ4v) is 3.64. The molecule has 0 amide bonds. The van der Waals surface area contributed by atoms with Crippen molar-refractivity contribution in [1.29, 1.82) is 0 Å². The lowest BCUT2D eigenvalue weighted by atomic mass is 9.99. The minimum atomic E-state index is 0.333. The number of nitrogens with zero attached hydrogens (tertiary/aromatic N) is 3. The highest BCUT2D eigenvalue weighted by atomic mass is 35.5. The van der Waals surface area contributed by atoms with Crippen LogP contribution in [0.1, 0.15) is 19.4 Å². The lowest BCUT2D eigenvalue weighted by Gasteiger charge is -2.23. The maximum Gasteiger partial charge on any atom is 0.120 e. The second kappa shape index (κ2) is 9.37. The van der Waals surface area contributed by atoms with Crippen LogP contribution in [0.4, 0.5) is 0 Å². The molecule has 0 saturated carbocycles. The molecule has 1 heterocycles. The van der Waals surface area contributed by atoms with Gasteiger partial charge in [0, 0.05) is 41.8 Å². The number of pyridine rings is 1. The lowest BCUT2D eigenvalue weighted by Crippen LogP contribution is -2.32. The van der Waals surface area contributed by atoms with E-state index in [-0.39, 0.29) is 0 Å². The second-order valence-corrected chi connectivity index (χ2v) is 7.56. The fraction of sp³-hybridized carbons (Fsp3) is 0.348. The molecule has 0 saturated heterocycles. The zero-order valence-electron chi connectivity index (χ0n) is 16.8. The molecule has 148 valence electrons. The Labute approximate surface area is 172 Å². The molecule has 1 N–H and O–H groups in total. The van der Waals surface area contributed by atoms with E-state index in [9.17, 15) is 5.11 Å². The lowest BCUT2D eigenvalue weighted by molar-refractivity contribution is 0.235. The predicted molar refractivity (Wildman–Crippen MR) is 118 cm³/mol. The molecule has 1 aromatic heterocycles. The molecule has 4 nitrogen and oxygen atoms in total. The number of halogens is 1. The van der Waals surface area contributed by atoms with Crippen molar-refractivity contribution in [2.75, 3.05) is 33.2 Å². The molecule has 0 radical (unpaired) electrons. The van der Waals surface area contributed by atoms with Crippen LogP contribution in [0.2, 0.25) is 5.02 Å². The first-order valence-electron chi connectivity index (χ1n) is 9.79. The molecule has 0 bridgehead atoms. The van der Waals surface area contributed by atoms with Gasteiger partial charge in [0.1, 0.15) is 5.75 Å². The van der Waals surface area contributed by atoms with Crippen molar-refractivity contribution < 1.29 is 5.11 Å². The maximum absolute atomic E-state index is 10.4. The van der Waals surface area contributed by atoms with Crippen LogP contribution in [0.3, 0.4) is 0 Å². The average molecular weight is 398 g/mol. The van der Waals surface area contributed by atoms with E-state index in [0.717, 1.165) is 53.8 Å². The molecule has 0 atom stereocenters. The number of benzene rings is 2. The third-order valence-electron chi connectivity index (χ3n) is 5.23. The van der Waals surface area contributed by atoms with Gasteiger partial charge in [-0.1, -0.05) is 37.6 Å². The number of aromatic nitrogens is 1. The van der Waals surface area contributed by atoms with Gasteiger partial charge in [0.25, 0.3) is 0 Å². The van der Waals surface area contributed by atoms with E-state index in [1.807, 2.05) is 30.3 Å². The first kappa shape index (κ1) is 20.6. The van der Waals surface area contributed by atoms with Gasteiger partial charge in [0.2, 0.25) is 0 Å². The van der Waals surface area contributed by atoms with Crippen LogP contribution in [0.15, 0.2) is 48.7 Å². The van der Waals surface area contributed by atoms with E-state index < -0.39 is 0 Å². The Hall–Kier alpha value is -2.14. The van der Waals surface area contributed by atoms with Crippen molar-refractivity contribution in [2.45, 2.75) is 20.4 Å². The first-order chi connectivity index (χ1) is 13.5. The molecule has 2 aromatic carbocycles. The van der Waals surface area contributed by atoms with Gasteiger partial charge in [-0.25, -0.2) is 0 Å². The molecule has 0 aliphatic carbocycles. The Balaban J connectivity index is 1.84. The van der Waals surface area contributed by atoms with Crippen LogP contribution >= 0.6 is 11.6 Å². The Morgan fingerprint density at radius 2 is 1.79 bits per heavy atom. The smallest absolute Gasteiger partial charge is 0.120 e. The van der Waals surface area contributed by atoms with E-state index >= 15 is 0 Å². The molecule has 5 heteroatoms. The Kier molecular flexibility index (Phi) is 6.89.